The Balaban J connectivity index is 1.19. The molecule has 45 heavy (non-hydrogen) atoms. The van der Waals surface area contributed by atoms with Crippen molar-refractivity contribution in [2.24, 2.45) is 0 Å². The monoisotopic (exact) mass is 642 g/mol. The van der Waals surface area contributed by atoms with Gasteiger partial charge in [0.2, 0.25) is 10.0 Å². The molecule has 1 saturated heterocycles. The summed E-state index contributed by atoms with van der Waals surface area (Å²) in [6.07, 6.45) is 1.88. The molecular formula is C35H38N4O4S2. The molecule has 0 aromatic heterocycles. The molecule has 0 spiro atoms. The van der Waals surface area contributed by atoms with Gasteiger partial charge in [0.15, 0.2) is 5.11 Å². The highest BCUT2D eigenvalue weighted by molar-refractivity contribution is 7.89. The molecule has 1 aliphatic rings. The lowest BCUT2D eigenvalue weighted by molar-refractivity contribution is 0.0973. The average Bonchev–Trinajstić information content (AvgIpc) is 3.07. The zero-order chi connectivity index (χ0) is 31.6. The number of hydrogen-bond acceptors (Lipinski definition) is 6. The van der Waals surface area contributed by atoms with Crippen molar-refractivity contribution < 1.29 is 17.9 Å². The molecule has 0 atom stereocenters. The highest BCUT2D eigenvalue weighted by Gasteiger charge is 2.32. The minimum absolute atomic E-state index is 0.0500. The molecule has 8 nitrogen and oxygen atoms in total. The SMILES string of the molecule is CCCCOc1ccccc1C(=O)NC(=S)Nc1ccc(S(=O)(=O)N2CCN(C(c3ccccc3)c3ccccc3)CC2)cc1. The fourth-order valence-corrected chi connectivity index (χ4v) is 7.02. The average molecular weight is 643 g/mol. The van der Waals surface area contributed by atoms with Gasteiger partial charge in [-0.15, -0.1) is 0 Å². The molecular weight excluding hydrogens is 605 g/mol. The van der Waals surface area contributed by atoms with E-state index in [2.05, 4.69) is 46.7 Å². The smallest absolute Gasteiger partial charge is 0.261 e. The second-order valence-corrected chi connectivity index (χ2v) is 13.1. The third kappa shape index (κ3) is 8.15. The summed E-state index contributed by atoms with van der Waals surface area (Å²) in [5, 5.41) is 5.74. The number of carbonyl (C=O) groups is 1. The number of carbonyl (C=O) groups excluding carboxylic acids is 1. The van der Waals surface area contributed by atoms with E-state index in [9.17, 15) is 13.2 Å². The summed E-state index contributed by atoms with van der Waals surface area (Å²) < 4.78 is 34.4. The normalized spacial score (nSPS) is 14.2. The molecule has 1 aliphatic heterocycles. The molecule has 2 N–H and O–H groups in total. The van der Waals surface area contributed by atoms with Crippen LogP contribution in [0.15, 0.2) is 114 Å². The van der Waals surface area contributed by atoms with Crippen molar-refractivity contribution >= 4 is 38.9 Å². The van der Waals surface area contributed by atoms with Gasteiger partial charge >= 0.3 is 0 Å². The van der Waals surface area contributed by atoms with Gasteiger partial charge in [0.25, 0.3) is 5.91 Å². The van der Waals surface area contributed by atoms with Crippen LogP contribution in [0.1, 0.15) is 47.3 Å². The highest BCUT2D eigenvalue weighted by Crippen LogP contribution is 2.30. The van der Waals surface area contributed by atoms with Crippen molar-refractivity contribution in [3.05, 3.63) is 126 Å². The predicted octanol–water partition coefficient (Wildman–Crippen LogP) is 6.09. The molecule has 5 rings (SSSR count). The van der Waals surface area contributed by atoms with E-state index in [0.29, 0.717) is 49.8 Å². The van der Waals surface area contributed by atoms with E-state index >= 15 is 0 Å². The Morgan fingerprint density at radius 3 is 2.00 bits per heavy atom. The van der Waals surface area contributed by atoms with Gasteiger partial charge in [0, 0.05) is 31.9 Å². The van der Waals surface area contributed by atoms with Gasteiger partial charge in [0.1, 0.15) is 5.75 Å². The number of nitrogens with zero attached hydrogens (tertiary/aromatic N) is 2. The van der Waals surface area contributed by atoms with Crippen LogP contribution in [0.2, 0.25) is 0 Å². The topological polar surface area (TPSA) is 91.0 Å². The van der Waals surface area contributed by atoms with Crippen molar-refractivity contribution in [3.63, 3.8) is 0 Å². The molecule has 0 bridgehead atoms. The lowest BCUT2D eigenvalue weighted by atomic mass is 9.96. The molecule has 0 saturated carbocycles. The predicted molar refractivity (Wildman–Crippen MR) is 182 cm³/mol. The minimum atomic E-state index is -3.69. The number of piperazine rings is 1. The summed E-state index contributed by atoms with van der Waals surface area (Å²) >= 11 is 5.36. The first-order chi connectivity index (χ1) is 21.9. The third-order valence-corrected chi connectivity index (χ3v) is 9.85. The minimum Gasteiger partial charge on any atom is -0.493 e. The van der Waals surface area contributed by atoms with Crippen LogP contribution in [-0.2, 0) is 10.0 Å². The van der Waals surface area contributed by atoms with E-state index in [1.54, 1.807) is 46.8 Å². The summed E-state index contributed by atoms with van der Waals surface area (Å²) in [6, 6.07) is 34.1. The van der Waals surface area contributed by atoms with Crippen molar-refractivity contribution in [3.8, 4) is 5.75 Å². The standard InChI is InChI=1S/C35H38N4O4S2/c1-2-3-26-43-32-17-11-10-16-31(32)34(40)37-35(44)36-29-18-20-30(21-19-29)45(41,42)39-24-22-38(23-25-39)33(27-12-6-4-7-13-27)28-14-8-5-9-15-28/h4-21,33H,2-3,22-26H2,1H3,(H2,36,37,40,44). The molecule has 4 aromatic rings. The molecule has 1 heterocycles. The quantitative estimate of drug-likeness (QED) is 0.151. The van der Waals surface area contributed by atoms with Crippen molar-refractivity contribution in [2.75, 3.05) is 38.1 Å². The zero-order valence-electron chi connectivity index (χ0n) is 25.3. The number of ether oxygens (including phenoxy) is 1. The number of thiocarbonyl (C=S) groups is 1. The third-order valence-electron chi connectivity index (χ3n) is 7.73. The Labute approximate surface area is 271 Å². The van der Waals surface area contributed by atoms with Crippen LogP contribution < -0.4 is 15.4 Å². The first-order valence-electron chi connectivity index (χ1n) is 15.1. The first kappa shape index (κ1) is 32.3. The Hall–Kier alpha value is -4.09. The zero-order valence-corrected chi connectivity index (χ0v) is 26.9. The number of unbranched alkanes of at least 4 members (excludes halogenated alkanes) is 1. The molecule has 0 radical (unpaired) electrons. The van der Waals surface area contributed by atoms with E-state index in [1.165, 1.54) is 11.1 Å². The summed E-state index contributed by atoms with van der Waals surface area (Å²) in [5.74, 6) is 0.108. The maximum atomic E-state index is 13.6. The van der Waals surface area contributed by atoms with Crippen LogP contribution in [0.3, 0.4) is 0 Å². The fourth-order valence-electron chi connectivity index (χ4n) is 5.39. The van der Waals surface area contributed by atoms with E-state index in [1.807, 2.05) is 42.5 Å². The van der Waals surface area contributed by atoms with Crippen LogP contribution >= 0.6 is 12.2 Å². The second-order valence-electron chi connectivity index (χ2n) is 10.8. The molecule has 0 unspecified atom stereocenters. The maximum absolute atomic E-state index is 13.6. The van der Waals surface area contributed by atoms with Crippen LogP contribution in [0.5, 0.6) is 5.75 Å². The van der Waals surface area contributed by atoms with Crippen molar-refractivity contribution in [1.82, 2.24) is 14.5 Å². The number of rotatable bonds is 11. The van der Waals surface area contributed by atoms with Crippen LogP contribution in [-0.4, -0.2) is 61.4 Å². The number of amides is 1. The summed E-state index contributed by atoms with van der Waals surface area (Å²) in [4.78, 5) is 15.4. The Kier molecular flexibility index (Phi) is 11.0. The summed E-state index contributed by atoms with van der Waals surface area (Å²) in [6.45, 7) is 4.58. The van der Waals surface area contributed by atoms with Gasteiger partial charge in [-0.1, -0.05) is 86.1 Å². The first-order valence-corrected chi connectivity index (χ1v) is 17.0. The number of para-hydroxylation sites is 1. The second kappa shape index (κ2) is 15.3. The Morgan fingerprint density at radius 1 is 0.822 bits per heavy atom. The largest absolute Gasteiger partial charge is 0.493 e. The lowest BCUT2D eigenvalue weighted by Gasteiger charge is -2.39. The number of sulfonamides is 1. The van der Waals surface area contributed by atoms with Crippen LogP contribution in [0.25, 0.3) is 0 Å². The molecule has 1 amide bonds. The number of hydrogen-bond donors (Lipinski definition) is 2. The van der Waals surface area contributed by atoms with Gasteiger partial charge in [-0.25, -0.2) is 8.42 Å². The summed E-state index contributed by atoms with van der Waals surface area (Å²) in [5.41, 5.74) is 3.31. The van der Waals surface area contributed by atoms with Gasteiger partial charge in [-0.05, 0) is 66.2 Å². The van der Waals surface area contributed by atoms with Gasteiger partial charge in [-0.3, -0.25) is 15.0 Å². The van der Waals surface area contributed by atoms with E-state index < -0.39 is 10.0 Å². The van der Waals surface area contributed by atoms with E-state index in [0.717, 1.165) is 12.8 Å². The Bertz CT molecular complexity index is 1640. The van der Waals surface area contributed by atoms with Crippen LogP contribution in [0, 0.1) is 0 Å². The van der Waals surface area contributed by atoms with E-state index in [4.69, 9.17) is 17.0 Å². The number of anilines is 1. The van der Waals surface area contributed by atoms with Crippen molar-refractivity contribution in [1.29, 1.82) is 0 Å². The highest BCUT2D eigenvalue weighted by atomic mass is 32.2. The van der Waals surface area contributed by atoms with E-state index in [-0.39, 0.29) is 22.0 Å². The molecule has 4 aromatic carbocycles. The van der Waals surface area contributed by atoms with Gasteiger partial charge < -0.3 is 10.1 Å². The number of nitrogens with one attached hydrogen (secondary N) is 2. The Morgan fingerprint density at radius 2 is 1.40 bits per heavy atom. The molecule has 234 valence electrons. The van der Waals surface area contributed by atoms with Crippen molar-refractivity contribution in [2.45, 2.75) is 30.7 Å². The molecule has 1 fully saturated rings. The lowest BCUT2D eigenvalue weighted by Crippen LogP contribution is -2.49. The number of benzene rings is 4. The van der Waals surface area contributed by atoms with Gasteiger partial charge in [-0.2, -0.15) is 4.31 Å². The summed E-state index contributed by atoms with van der Waals surface area (Å²) in [7, 11) is -3.69. The van der Waals surface area contributed by atoms with Gasteiger partial charge in [0.05, 0.1) is 23.1 Å². The fraction of sp³-hybridized carbons (Fsp3) is 0.257. The molecule has 10 heteroatoms. The molecule has 0 aliphatic carbocycles. The maximum Gasteiger partial charge on any atom is 0.261 e. The van der Waals surface area contributed by atoms with Crippen LogP contribution in [0.4, 0.5) is 5.69 Å².